The summed E-state index contributed by atoms with van der Waals surface area (Å²) in [6.07, 6.45) is 0. The number of aryl methyl sites for hydroxylation is 1. The van der Waals surface area contributed by atoms with Gasteiger partial charge in [0.2, 0.25) is 0 Å². The van der Waals surface area contributed by atoms with Crippen LogP contribution in [0.15, 0.2) is 42.5 Å². The fraction of sp³-hybridized carbons (Fsp3) is 0.222. The van der Waals surface area contributed by atoms with Crippen molar-refractivity contribution >= 4 is 29.2 Å². The monoisotopic (exact) mass is 363 g/mol. The minimum absolute atomic E-state index is 0.271. The Morgan fingerprint density at radius 2 is 1.84 bits per heavy atom. The van der Waals surface area contributed by atoms with E-state index in [-0.39, 0.29) is 6.61 Å². The lowest BCUT2D eigenvalue weighted by Gasteiger charge is -2.10. The first-order valence-electron chi connectivity index (χ1n) is 7.47. The number of carbonyl (C=O) groups excluding carboxylic acids is 2. The van der Waals surface area contributed by atoms with Crippen LogP contribution in [0.3, 0.4) is 0 Å². The molecule has 1 amide bonds. The minimum Gasteiger partial charge on any atom is -0.495 e. The Bertz CT molecular complexity index is 763. The Morgan fingerprint density at radius 3 is 2.52 bits per heavy atom. The Kier molecular flexibility index (Phi) is 6.65. The van der Waals surface area contributed by atoms with Gasteiger partial charge in [0.25, 0.3) is 5.91 Å². The molecule has 0 atom stereocenters. The van der Waals surface area contributed by atoms with Crippen LogP contribution in [-0.4, -0.2) is 32.2 Å². The summed E-state index contributed by atoms with van der Waals surface area (Å²) in [7, 11) is 1.50. The highest BCUT2D eigenvalue weighted by atomic mass is 35.5. The Balaban J connectivity index is 1.76. The van der Waals surface area contributed by atoms with Gasteiger partial charge < -0.3 is 19.5 Å². The Labute approximate surface area is 150 Å². The highest BCUT2D eigenvalue weighted by molar-refractivity contribution is 6.32. The molecule has 1 N–H and O–H groups in total. The third-order valence-corrected chi connectivity index (χ3v) is 3.53. The summed E-state index contributed by atoms with van der Waals surface area (Å²) >= 11 is 5.97. The first-order valence-corrected chi connectivity index (χ1v) is 7.85. The average molecular weight is 364 g/mol. The highest BCUT2D eigenvalue weighted by Gasteiger charge is 2.10. The molecule has 132 valence electrons. The van der Waals surface area contributed by atoms with Crippen LogP contribution in [0.2, 0.25) is 5.02 Å². The molecule has 0 heterocycles. The molecule has 0 aliphatic carbocycles. The number of rotatable bonds is 7. The van der Waals surface area contributed by atoms with Crippen molar-refractivity contribution in [3.63, 3.8) is 0 Å². The third kappa shape index (κ3) is 5.69. The zero-order valence-electron chi connectivity index (χ0n) is 13.9. The number of nitrogens with one attached hydrogen (secondary N) is 1. The van der Waals surface area contributed by atoms with Crippen LogP contribution in [0.4, 0.5) is 5.69 Å². The second-order valence-electron chi connectivity index (χ2n) is 5.11. The van der Waals surface area contributed by atoms with E-state index in [9.17, 15) is 9.59 Å². The van der Waals surface area contributed by atoms with Crippen LogP contribution in [0.25, 0.3) is 0 Å². The second kappa shape index (κ2) is 8.94. The molecule has 7 heteroatoms. The largest absolute Gasteiger partial charge is 0.495 e. The van der Waals surface area contributed by atoms with Gasteiger partial charge in [-0.3, -0.25) is 4.79 Å². The molecule has 0 radical (unpaired) electrons. The number of benzene rings is 2. The van der Waals surface area contributed by atoms with Crippen LogP contribution < -0.4 is 14.8 Å². The molecule has 0 fully saturated rings. The smallest absolute Gasteiger partial charge is 0.344 e. The summed E-state index contributed by atoms with van der Waals surface area (Å²) in [4.78, 5) is 23.5. The van der Waals surface area contributed by atoms with Gasteiger partial charge in [-0.25, -0.2) is 4.79 Å². The number of methoxy groups -OCH3 is 1. The molecule has 0 bridgehead atoms. The molecule has 6 nitrogen and oxygen atoms in total. The first kappa shape index (κ1) is 18.6. The van der Waals surface area contributed by atoms with Gasteiger partial charge in [-0.15, -0.1) is 0 Å². The molecule has 0 spiro atoms. The lowest BCUT2D eigenvalue weighted by Crippen LogP contribution is -2.23. The van der Waals surface area contributed by atoms with Gasteiger partial charge >= 0.3 is 5.97 Å². The lowest BCUT2D eigenvalue weighted by atomic mass is 10.2. The van der Waals surface area contributed by atoms with Gasteiger partial charge in [0.15, 0.2) is 13.2 Å². The summed E-state index contributed by atoms with van der Waals surface area (Å²) in [5, 5.41) is 2.94. The number of ether oxygens (including phenoxy) is 3. The summed E-state index contributed by atoms with van der Waals surface area (Å²) in [5.74, 6) is -0.0205. The summed E-state index contributed by atoms with van der Waals surface area (Å²) in [6.45, 7) is 1.18. The number of carbonyl (C=O) groups is 2. The standard InChI is InChI=1S/C18H18ClNO5/c1-12-5-3-4-6-15(12)24-11-18(22)25-10-17(21)20-13-7-8-16(23-2)14(19)9-13/h3-9H,10-11H2,1-2H3,(H,20,21). The van der Waals surface area contributed by atoms with E-state index in [4.69, 9.17) is 25.8 Å². The van der Waals surface area contributed by atoms with E-state index in [1.165, 1.54) is 7.11 Å². The van der Waals surface area contributed by atoms with Crippen LogP contribution in [0.1, 0.15) is 5.56 Å². The van der Waals surface area contributed by atoms with E-state index in [0.29, 0.717) is 22.2 Å². The van der Waals surface area contributed by atoms with E-state index >= 15 is 0 Å². The van der Waals surface area contributed by atoms with Gasteiger partial charge in [-0.1, -0.05) is 29.8 Å². The number of para-hydroxylation sites is 1. The SMILES string of the molecule is COc1ccc(NC(=O)COC(=O)COc2ccccc2C)cc1Cl. The van der Waals surface area contributed by atoms with Crippen molar-refractivity contribution in [2.75, 3.05) is 25.6 Å². The predicted molar refractivity (Wildman–Crippen MR) is 94.3 cm³/mol. The number of halogens is 1. The Morgan fingerprint density at radius 1 is 1.08 bits per heavy atom. The van der Waals surface area contributed by atoms with Crippen molar-refractivity contribution in [2.24, 2.45) is 0 Å². The van der Waals surface area contributed by atoms with E-state index in [1.807, 2.05) is 19.1 Å². The molecule has 0 saturated heterocycles. The molecule has 0 aliphatic rings. The van der Waals surface area contributed by atoms with Crippen molar-refractivity contribution in [1.82, 2.24) is 0 Å². The van der Waals surface area contributed by atoms with E-state index in [1.54, 1.807) is 30.3 Å². The minimum atomic E-state index is -0.633. The number of hydrogen-bond donors (Lipinski definition) is 1. The maximum atomic E-state index is 11.8. The quantitative estimate of drug-likeness (QED) is 0.764. The molecule has 2 rings (SSSR count). The maximum Gasteiger partial charge on any atom is 0.344 e. The van der Waals surface area contributed by atoms with Gasteiger partial charge in [0, 0.05) is 5.69 Å². The van der Waals surface area contributed by atoms with Crippen LogP contribution in [0, 0.1) is 6.92 Å². The molecule has 2 aromatic rings. The summed E-state index contributed by atoms with van der Waals surface area (Å²) < 4.78 is 15.3. The van der Waals surface area contributed by atoms with Gasteiger partial charge in [0.05, 0.1) is 12.1 Å². The van der Waals surface area contributed by atoms with E-state index in [2.05, 4.69) is 5.32 Å². The second-order valence-corrected chi connectivity index (χ2v) is 5.52. The predicted octanol–water partition coefficient (Wildman–Crippen LogP) is 3.22. The normalized spacial score (nSPS) is 10.0. The van der Waals surface area contributed by atoms with Crippen molar-refractivity contribution in [2.45, 2.75) is 6.92 Å². The van der Waals surface area contributed by atoms with Gasteiger partial charge in [0.1, 0.15) is 11.5 Å². The van der Waals surface area contributed by atoms with Crippen LogP contribution >= 0.6 is 11.6 Å². The van der Waals surface area contributed by atoms with Crippen molar-refractivity contribution in [3.05, 3.63) is 53.1 Å². The van der Waals surface area contributed by atoms with Crippen molar-refractivity contribution in [1.29, 1.82) is 0 Å². The summed E-state index contributed by atoms with van der Waals surface area (Å²) in [5.41, 5.74) is 1.38. The molecule has 0 aromatic heterocycles. The summed E-state index contributed by atoms with van der Waals surface area (Å²) in [6, 6.07) is 12.1. The molecule has 0 unspecified atom stereocenters. The zero-order chi connectivity index (χ0) is 18.2. The van der Waals surface area contributed by atoms with E-state index in [0.717, 1.165) is 5.56 Å². The van der Waals surface area contributed by atoms with Crippen LogP contribution in [0.5, 0.6) is 11.5 Å². The fourth-order valence-corrected chi connectivity index (χ4v) is 2.24. The number of amides is 1. The van der Waals surface area contributed by atoms with Crippen molar-refractivity contribution in [3.8, 4) is 11.5 Å². The first-order chi connectivity index (χ1) is 12.0. The molecular formula is C18H18ClNO5. The number of anilines is 1. The highest BCUT2D eigenvalue weighted by Crippen LogP contribution is 2.27. The Hall–Kier alpha value is -2.73. The molecule has 0 saturated carbocycles. The lowest BCUT2D eigenvalue weighted by molar-refractivity contribution is -0.149. The van der Waals surface area contributed by atoms with Crippen LogP contribution in [-0.2, 0) is 14.3 Å². The zero-order valence-corrected chi connectivity index (χ0v) is 14.6. The van der Waals surface area contributed by atoms with E-state index < -0.39 is 18.5 Å². The number of esters is 1. The fourth-order valence-electron chi connectivity index (χ4n) is 1.98. The average Bonchev–Trinajstić information content (AvgIpc) is 2.59. The molecule has 0 aliphatic heterocycles. The van der Waals surface area contributed by atoms with Crippen molar-refractivity contribution < 1.29 is 23.8 Å². The number of hydrogen-bond acceptors (Lipinski definition) is 5. The molecule has 2 aromatic carbocycles. The molecular weight excluding hydrogens is 346 g/mol. The van der Waals surface area contributed by atoms with Gasteiger partial charge in [-0.2, -0.15) is 0 Å². The topological polar surface area (TPSA) is 73.9 Å². The van der Waals surface area contributed by atoms with Gasteiger partial charge in [-0.05, 0) is 36.8 Å². The molecule has 25 heavy (non-hydrogen) atoms. The maximum absolute atomic E-state index is 11.8. The third-order valence-electron chi connectivity index (χ3n) is 3.24.